The molecule has 2 N–H and O–H groups in total. The zero-order valence-corrected chi connectivity index (χ0v) is 15.7. The number of amides is 2. The second-order valence-electron chi connectivity index (χ2n) is 6.00. The van der Waals surface area contributed by atoms with Gasteiger partial charge in [-0.15, -0.1) is 0 Å². The number of nitrogens with zero attached hydrogens (tertiary/aromatic N) is 1. The topological polar surface area (TPSA) is 87.7 Å². The zero-order valence-electron chi connectivity index (χ0n) is 14.9. The molecule has 1 fully saturated rings. The van der Waals surface area contributed by atoms with Crippen LogP contribution < -0.4 is 10.6 Å². The van der Waals surface area contributed by atoms with Gasteiger partial charge < -0.3 is 15.0 Å². The lowest BCUT2D eigenvalue weighted by molar-refractivity contribution is -0.147. The molecule has 0 bridgehead atoms. The maximum absolute atomic E-state index is 12.5. The quantitative estimate of drug-likeness (QED) is 0.591. The zero-order chi connectivity index (χ0) is 19.1. The molecule has 1 aliphatic heterocycles. The summed E-state index contributed by atoms with van der Waals surface area (Å²) < 4.78 is 5.06. The summed E-state index contributed by atoms with van der Waals surface area (Å²) in [6.07, 6.45) is 0.587. The highest BCUT2D eigenvalue weighted by Gasteiger charge is 2.34. The molecule has 26 heavy (non-hydrogen) atoms. The van der Waals surface area contributed by atoms with Gasteiger partial charge in [0.1, 0.15) is 6.04 Å². The van der Waals surface area contributed by atoms with Gasteiger partial charge in [-0.05, 0) is 37.2 Å². The van der Waals surface area contributed by atoms with Crippen LogP contribution in [0.4, 0.5) is 0 Å². The first-order valence-corrected chi connectivity index (χ1v) is 8.95. The molecule has 0 radical (unpaired) electrons. The summed E-state index contributed by atoms with van der Waals surface area (Å²) in [7, 11) is 0. The first-order valence-electron chi connectivity index (χ1n) is 8.55. The average Bonchev–Trinajstić information content (AvgIpc) is 2.61. The first-order chi connectivity index (χ1) is 12.4. The Kier molecular flexibility index (Phi) is 7.08. The van der Waals surface area contributed by atoms with E-state index in [0.29, 0.717) is 31.7 Å². The summed E-state index contributed by atoms with van der Waals surface area (Å²) in [4.78, 5) is 38.1. The Morgan fingerprint density at radius 2 is 2.12 bits per heavy atom. The number of carbonyl (C=O) groups excluding carboxylic acids is 3. The molecule has 1 aromatic rings. The van der Waals surface area contributed by atoms with E-state index in [4.69, 9.17) is 17.0 Å². The molecule has 2 amide bonds. The minimum Gasteiger partial charge on any atom is -0.466 e. The smallest absolute Gasteiger partial charge is 0.308 e. The molecule has 0 saturated carbocycles. The van der Waals surface area contributed by atoms with E-state index in [2.05, 4.69) is 10.6 Å². The highest BCUT2D eigenvalue weighted by Crippen LogP contribution is 2.12. The number of hydrogen-bond donors (Lipinski definition) is 2. The second kappa shape index (κ2) is 9.28. The number of rotatable bonds is 5. The Balaban J connectivity index is 2.06. The largest absolute Gasteiger partial charge is 0.466 e. The van der Waals surface area contributed by atoms with Gasteiger partial charge in [0.05, 0.1) is 13.0 Å². The summed E-state index contributed by atoms with van der Waals surface area (Å²) in [5.74, 6) is -1.12. The highest BCUT2D eigenvalue weighted by atomic mass is 32.1. The van der Waals surface area contributed by atoms with E-state index in [1.807, 2.05) is 26.0 Å². The third-order valence-corrected chi connectivity index (χ3v) is 4.37. The van der Waals surface area contributed by atoms with Gasteiger partial charge in [-0.1, -0.05) is 25.1 Å². The number of carbonyl (C=O) groups is 3. The van der Waals surface area contributed by atoms with Crippen LogP contribution in [0.2, 0.25) is 0 Å². The third-order valence-electron chi connectivity index (χ3n) is 4.03. The molecule has 1 atom stereocenters. The molecule has 1 aliphatic rings. The van der Waals surface area contributed by atoms with E-state index in [1.165, 1.54) is 0 Å². The Morgan fingerprint density at radius 1 is 1.38 bits per heavy atom. The Morgan fingerprint density at radius 3 is 2.81 bits per heavy atom. The van der Waals surface area contributed by atoms with Crippen molar-refractivity contribution >= 4 is 35.1 Å². The molecule has 0 aromatic heterocycles. The summed E-state index contributed by atoms with van der Waals surface area (Å²) in [5.41, 5.74) is 1.33. The monoisotopic (exact) mass is 377 g/mol. The SMILES string of the molecule is CCCOC(=O)CC1C(=O)NCCN1C(=S)NC(=O)c1ccccc1C. The fraction of sp³-hybridized carbons (Fsp3) is 0.444. The third kappa shape index (κ3) is 5.01. The fourth-order valence-electron chi connectivity index (χ4n) is 2.66. The molecular weight excluding hydrogens is 354 g/mol. The van der Waals surface area contributed by atoms with Crippen LogP contribution in [-0.4, -0.2) is 53.5 Å². The van der Waals surface area contributed by atoms with Crippen LogP contribution in [0, 0.1) is 6.92 Å². The lowest BCUT2D eigenvalue weighted by atomic mass is 10.1. The van der Waals surface area contributed by atoms with Crippen molar-refractivity contribution in [1.29, 1.82) is 0 Å². The lowest BCUT2D eigenvalue weighted by Gasteiger charge is -2.36. The number of benzene rings is 1. The minimum atomic E-state index is -0.794. The standard InChI is InChI=1S/C18H23N3O4S/c1-3-10-25-15(22)11-14-17(24)19-8-9-21(14)18(26)20-16(23)13-7-5-4-6-12(13)2/h4-7,14H,3,8-11H2,1-2H3,(H,19,24)(H,20,23,26). The average molecular weight is 377 g/mol. The Bertz CT molecular complexity index is 707. The summed E-state index contributed by atoms with van der Waals surface area (Å²) in [6, 6.07) is 6.36. The van der Waals surface area contributed by atoms with Gasteiger partial charge >= 0.3 is 5.97 Å². The summed E-state index contributed by atoms with van der Waals surface area (Å²) >= 11 is 5.33. The van der Waals surface area contributed by atoms with Crippen molar-refractivity contribution in [1.82, 2.24) is 15.5 Å². The molecule has 0 aliphatic carbocycles. The molecule has 8 heteroatoms. The van der Waals surface area contributed by atoms with Gasteiger partial charge in [0.2, 0.25) is 5.91 Å². The van der Waals surface area contributed by atoms with Gasteiger partial charge in [-0.3, -0.25) is 19.7 Å². The molecule has 140 valence electrons. The van der Waals surface area contributed by atoms with Crippen molar-refractivity contribution < 1.29 is 19.1 Å². The minimum absolute atomic E-state index is 0.119. The predicted molar refractivity (Wildman–Crippen MR) is 101 cm³/mol. The number of ether oxygens (including phenoxy) is 1. The molecule has 1 saturated heterocycles. The van der Waals surface area contributed by atoms with E-state index >= 15 is 0 Å². The molecule has 1 unspecified atom stereocenters. The van der Waals surface area contributed by atoms with Gasteiger partial charge in [-0.25, -0.2) is 0 Å². The van der Waals surface area contributed by atoms with Crippen LogP contribution in [0.5, 0.6) is 0 Å². The van der Waals surface area contributed by atoms with Crippen molar-refractivity contribution in [2.24, 2.45) is 0 Å². The van der Waals surface area contributed by atoms with E-state index in [0.717, 1.165) is 5.56 Å². The van der Waals surface area contributed by atoms with Crippen molar-refractivity contribution in [2.75, 3.05) is 19.7 Å². The van der Waals surface area contributed by atoms with Crippen LogP contribution in [0.3, 0.4) is 0 Å². The van der Waals surface area contributed by atoms with Gasteiger partial charge in [0, 0.05) is 18.7 Å². The Hall–Kier alpha value is -2.48. The van der Waals surface area contributed by atoms with Crippen LogP contribution in [0.15, 0.2) is 24.3 Å². The Labute approximate surface area is 158 Å². The molecule has 1 heterocycles. The van der Waals surface area contributed by atoms with Crippen LogP contribution in [0.25, 0.3) is 0 Å². The molecule has 7 nitrogen and oxygen atoms in total. The van der Waals surface area contributed by atoms with E-state index in [1.54, 1.807) is 17.0 Å². The number of piperazine rings is 1. The van der Waals surface area contributed by atoms with E-state index < -0.39 is 12.0 Å². The number of hydrogen-bond acceptors (Lipinski definition) is 5. The number of nitrogens with one attached hydrogen (secondary N) is 2. The van der Waals surface area contributed by atoms with E-state index in [9.17, 15) is 14.4 Å². The van der Waals surface area contributed by atoms with Crippen LogP contribution in [0.1, 0.15) is 35.7 Å². The highest BCUT2D eigenvalue weighted by molar-refractivity contribution is 7.80. The van der Waals surface area contributed by atoms with Crippen molar-refractivity contribution in [3.63, 3.8) is 0 Å². The maximum Gasteiger partial charge on any atom is 0.308 e. The normalized spacial score (nSPS) is 16.6. The summed E-state index contributed by atoms with van der Waals surface area (Å²) in [6.45, 7) is 4.83. The first kappa shape index (κ1) is 19.8. The van der Waals surface area contributed by atoms with Crippen molar-refractivity contribution in [2.45, 2.75) is 32.7 Å². The van der Waals surface area contributed by atoms with Crippen LogP contribution in [-0.2, 0) is 14.3 Å². The van der Waals surface area contributed by atoms with Gasteiger partial charge in [0.15, 0.2) is 5.11 Å². The van der Waals surface area contributed by atoms with Gasteiger partial charge in [0.25, 0.3) is 5.91 Å². The molecule has 1 aromatic carbocycles. The fourth-order valence-corrected chi connectivity index (χ4v) is 2.97. The lowest BCUT2D eigenvalue weighted by Crippen LogP contribution is -2.60. The molecular formula is C18H23N3O4S. The molecule has 2 rings (SSSR count). The summed E-state index contributed by atoms with van der Waals surface area (Å²) in [5, 5.41) is 5.50. The maximum atomic E-state index is 12.5. The van der Waals surface area contributed by atoms with Crippen LogP contribution >= 0.6 is 12.2 Å². The van der Waals surface area contributed by atoms with Gasteiger partial charge in [-0.2, -0.15) is 0 Å². The van der Waals surface area contributed by atoms with Crippen molar-refractivity contribution in [3.8, 4) is 0 Å². The number of esters is 1. The van der Waals surface area contributed by atoms with E-state index in [-0.39, 0.29) is 23.3 Å². The number of aryl methyl sites for hydroxylation is 1. The number of thiocarbonyl (C=S) groups is 1. The second-order valence-corrected chi connectivity index (χ2v) is 6.39. The molecule has 0 spiro atoms. The predicted octanol–water partition coefficient (Wildman–Crippen LogP) is 1.15. The van der Waals surface area contributed by atoms with Crippen molar-refractivity contribution in [3.05, 3.63) is 35.4 Å².